The van der Waals surface area contributed by atoms with E-state index < -0.39 is 0 Å². The van der Waals surface area contributed by atoms with Gasteiger partial charge in [0.25, 0.3) is 0 Å². The second-order valence-corrected chi connectivity index (χ2v) is 4.63. The van der Waals surface area contributed by atoms with Gasteiger partial charge in [0, 0.05) is 19.0 Å². The van der Waals surface area contributed by atoms with Crippen molar-refractivity contribution in [2.45, 2.75) is 39.3 Å². The van der Waals surface area contributed by atoms with Gasteiger partial charge in [-0.2, -0.15) is 5.26 Å². The molecule has 0 radical (unpaired) electrons. The highest BCUT2D eigenvalue weighted by Gasteiger charge is 2.06. The molecule has 4 heteroatoms. The summed E-state index contributed by atoms with van der Waals surface area (Å²) in [5.74, 6) is 1.47. The maximum Gasteiger partial charge on any atom is 0.161 e. The van der Waals surface area contributed by atoms with Crippen LogP contribution in [0, 0.1) is 11.3 Å². The Balaban J connectivity index is 2.64. The number of hydrogen-bond donors (Lipinski definition) is 1. The van der Waals surface area contributed by atoms with E-state index in [0.29, 0.717) is 19.1 Å². The molecule has 0 saturated heterocycles. The Hall–Kier alpha value is -1.73. The van der Waals surface area contributed by atoms with Crippen LogP contribution in [0.15, 0.2) is 18.2 Å². The molecule has 0 saturated carbocycles. The molecule has 4 nitrogen and oxygen atoms in total. The maximum absolute atomic E-state index is 8.49. The van der Waals surface area contributed by atoms with Gasteiger partial charge in [0.2, 0.25) is 0 Å². The average molecular weight is 262 g/mol. The van der Waals surface area contributed by atoms with E-state index in [1.54, 1.807) is 7.11 Å². The van der Waals surface area contributed by atoms with Gasteiger partial charge in [-0.15, -0.1) is 0 Å². The Morgan fingerprint density at radius 3 is 2.74 bits per heavy atom. The van der Waals surface area contributed by atoms with E-state index in [0.717, 1.165) is 30.0 Å². The second-order valence-electron chi connectivity index (χ2n) is 4.63. The number of ether oxygens (including phenoxy) is 2. The second kappa shape index (κ2) is 8.39. The lowest BCUT2D eigenvalue weighted by atomic mass is 10.2. The molecule has 0 aliphatic heterocycles. The van der Waals surface area contributed by atoms with Crippen LogP contribution in [0.4, 0.5) is 0 Å². The smallest absolute Gasteiger partial charge is 0.161 e. The van der Waals surface area contributed by atoms with Crippen molar-refractivity contribution in [1.82, 2.24) is 5.32 Å². The molecule has 1 aromatic rings. The first-order chi connectivity index (χ1) is 9.17. The molecule has 0 amide bonds. The first-order valence-electron chi connectivity index (χ1n) is 6.57. The zero-order chi connectivity index (χ0) is 14.1. The van der Waals surface area contributed by atoms with Crippen molar-refractivity contribution in [3.05, 3.63) is 23.8 Å². The summed E-state index contributed by atoms with van der Waals surface area (Å²) in [7, 11) is 1.63. The van der Waals surface area contributed by atoms with Crippen molar-refractivity contribution >= 4 is 0 Å². The van der Waals surface area contributed by atoms with Crippen molar-refractivity contribution in [3.8, 4) is 17.6 Å². The Kier molecular flexibility index (Phi) is 6.76. The van der Waals surface area contributed by atoms with Gasteiger partial charge in [-0.3, -0.25) is 0 Å². The monoisotopic (exact) mass is 262 g/mol. The fourth-order valence-electron chi connectivity index (χ4n) is 1.60. The third-order valence-corrected chi connectivity index (χ3v) is 2.63. The summed E-state index contributed by atoms with van der Waals surface area (Å²) in [6, 6.07) is 8.48. The summed E-state index contributed by atoms with van der Waals surface area (Å²) in [4.78, 5) is 0. The summed E-state index contributed by atoms with van der Waals surface area (Å²) in [6.45, 7) is 5.56. The lowest BCUT2D eigenvalue weighted by Crippen LogP contribution is -2.21. The van der Waals surface area contributed by atoms with Crippen LogP contribution < -0.4 is 14.8 Å². The average Bonchev–Trinajstić information content (AvgIpc) is 2.41. The van der Waals surface area contributed by atoms with Crippen LogP contribution in [0.3, 0.4) is 0 Å². The zero-order valence-electron chi connectivity index (χ0n) is 11.9. The van der Waals surface area contributed by atoms with E-state index in [1.807, 2.05) is 18.2 Å². The number of hydrogen-bond acceptors (Lipinski definition) is 4. The minimum absolute atomic E-state index is 0.446. The van der Waals surface area contributed by atoms with E-state index in [4.69, 9.17) is 14.7 Å². The summed E-state index contributed by atoms with van der Waals surface area (Å²) >= 11 is 0. The van der Waals surface area contributed by atoms with Crippen LogP contribution in [-0.4, -0.2) is 19.8 Å². The number of rotatable bonds is 8. The van der Waals surface area contributed by atoms with E-state index in [2.05, 4.69) is 25.2 Å². The summed E-state index contributed by atoms with van der Waals surface area (Å²) in [6.07, 6.45) is 1.24. The third kappa shape index (κ3) is 5.62. The van der Waals surface area contributed by atoms with Gasteiger partial charge in [0.15, 0.2) is 11.5 Å². The standard InChI is InChI=1S/C15H22N2O2/c1-12(2)17-11-13-6-7-14(18-3)15(10-13)19-9-5-4-8-16/h6-7,10,12,17H,4-5,9,11H2,1-3H3. The fourth-order valence-corrected chi connectivity index (χ4v) is 1.60. The predicted molar refractivity (Wildman–Crippen MR) is 75.3 cm³/mol. The normalized spacial score (nSPS) is 10.3. The number of nitrogens with zero attached hydrogens (tertiary/aromatic N) is 1. The van der Waals surface area contributed by atoms with Crippen molar-refractivity contribution in [2.24, 2.45) is 0 Å². The number of nitriles is 1. The molecule has 0 bridgehead atoms. The molecule has 0 unspecified atom stereocenters. The van der Waals surface area contributed by atoms with Crippen LogP contribution in [0.25, 0.3) is 0 Å². The molecule has 0 aromatic heterocycles. The minimum Gasteiger partial charge on any atom is -0.493 e. The Labute approximate surface area is 115 Å². The molecule has 0 spiro atoms. The third-order valence-electron chi connectivity index (χ3n) is 2.63. The van der Waals surface area contributed by atoms with Gasteiger partial charge in [-0.1, -0.05) is 19.9 Å². The van der Waals surface area contributed by atoms with E-state index >= 15 is 0 Å². The molecule has 0 heterocycles. The minimum atomic E-state index is 0.446. The first kappa shape index (κ1) is 15.3. The highest BCUT2D eigenvalue weighted by atomic mass is 16.5. The van der Waals surface area contributed by atoms with Crippen molar-refractivity contribution < 1.29 is 9.47 Å². The summed E-state index contributed by atoms with van der Waals surface area (Å²) in [5.41, 5.74) is 1.16. The van der Waals surface area contributed by atoms with Gasteiger partial charge in [-0.05, 0) is 24.1 Å². The van der Waals surface area contributed by atoms with Crippen LogP contribution in [-0.2, 0) is 6.54 Å². The fraction of sp³-hybridized carbons (Fsp3) is 0.533. The van der Waals surface area contributed by atoms with Crippen molar-refractivity contribution in [2.75, 3.05) is 13.7 Å². The predicted octanol–water partition coefficient (Wildman–Crippen LogP) is 2.88. The molecule has 0 atom stereocenters. The van der Waals surface area contributed by atoms with Crippen LogP contribution in [0.2, 0.25) is 0 Å². The van der Waals surface area contributed by atoms with E-state index in [9.17, 15) is 0 Å². The first-order valence-corrected chi connectivity index (χ1v) is 6.57. The number of benzene rings is 1. The SMILES string of the molecule is COc1ccc(CNC(C)C)cc1OCCCC#N. The Bertz CT molecular complexity index is 425. The van der Waals surface area contributed by atoms with Gasteiger partial charge in [-0.25, -0.2) is 0 Å². The van der Waals surface area contributed by atoms with Crippen molar-refractivity contribution in [3.63, 3.8) is 0 Å². The molecule has 104 valence electrons. The quantitative estimate of drug-likeness (QED) is 0.732. The maximum atomic E-state index is 8.49. The van der Waals surface area contributed by atoms with Gasteiger partial charge in [0.05, 0.1) is 19.8 Å². The van der Waals surface area contributed by atoms with Gasteiger partial charge >= 0.3 is 0 Å². The molecule has 1 rings (SSSR count). The molecule has 0 fully saturated rings. The lowest BCUT2D eigenvalue weighted by molar-refractivity contribution is 0.290. The molecule has 1 aromatic carbocycles. The summed E-state index contributed by atoms with van der Waals surface area (Å²) < 4.78 is 10.9. The molecular weight excluding hydrogens is 240 g/mol. The molecule has 0 aliphatic rings. The zero-order valence-corrected chi connectivity index (χ0v) is 11.9. The Morgan fingerprint density at radius 1 is 1.32 bits per heavy atom. The summed E-state index contributed by atoms with van der Waals surface area (Å²) in [5, 5.41) is 11.9. The molecular formula is C15H22N2O2. The van der Waals surface area contributed by atoms with Gasteiger partial charge < -0.3 is 14.8 Å². The molecule has 1 N–H and O–H groups in total. The van der Waals surface area contributed by atoms with Gasteiger partial charge in [0.1, 0.15) is 0 Å². The highest BCUT2D eigenvalue weighted by molar-refractivity contribution is 5.42. The Morgan fingerprint density at radius 2 is 2.11 bits per heavy atom. The number of methoxy groups -OCH3 is 1. The van der Waals surface area contributed by atoms with Crippen LogP contribution in [0.5, 0.6) is 11.5 Å². The molecule has 0 aliphatic carbocycles. The number of nitrogens with one attached hydrogen (secondary N) is 1. The van der Waals surface area contributed by atoms with E-state index in [-0.39, 0.29) is 0 Å². The highest BCUT2D eigenvalue weighted by Crippen LogP contribution is 2.28. The largest absolute Gasteiger partial charge is 0.493 e. The lowest BCUT2D eigenvalue weighted by Gasteiger charge is -2.13. The molecule has 19 heavy (non-hydrogen) atoms. The number of unbranched alkanes of at least 4 members (excludes halogenated alkanes) is 1. The van der Waals surface area contributed by atoms with Crippen molar-refractivity contribution in [1.29, 1.82) is 5.26 Å². The van der Waals surface area contributed by atoms with Crippen LogP contribution >= 0.6 is 0 Å². The van der Waals surface area contributed by atoms with Crippen LogP contribution in [0.1, 0.15) is 32.3 Å². The van der Waals surface area contributed by atoms with E-state index in [1.165, 1.54) is 0 Å². The topological polar surface area (TPSA) is 54.3 Å².